The van der Waals surface area contributed by atoms with E-state index in [9.17, 15) is 19.2 Å². The van der Waals surface area contributed by atoms with Gasteiger partial charge in [0, 0.05) is 6.54 Å². The highest BCUT2D eigenvalue weighted by Crippen LogP contribution is 2.34. The van der Waals surface area contributed by atoms with Gasteiger partial charge < -0.3 is 25.0 Å². The van der Waals surface area contributed by atoms with Crippen molar-refractivity contribution in [2.45, 2.75) is 44.4 Å². The molecule has 9 nitrogen and oxygen atoms in total. The van der Waals surface area contributed by atoms with Gasteiger partial charge in [-0.2, -0.15) is 0 Å². The summed E-state index contributed by atoms with van der Waals surface area (Å²) in [5.41, 5.74) is 0.832. The molecule has 1 aromatic carbocycles. The molecule has 1 aliphatic heterocycles. The highest BCUT2D eigenvalue weighted by Gasteiger charge is 2.44. The van der Waals surface area contributed by atoms with Crippen molar-refractivity contribution in [1.29, 1.82) is 0 Å². The minimum absolute atomic E-state index is 0.0296. The predicted octanol–water partition coefficient (Wildman–Crippen LogP) is 1.53. The van der Waals surface area contributed by atoms with Gasteiger partial charge in [-0.3, -0.25) is 9.59 Å². The molecular weight excluding hydrogens is 414 g/mol. The number of hydrogen-bond donors (Lipinski definition) is 2. The summed E-state index contributed by atoms with van der Waals surface area (Å²) >= 11 is 0. The lowest BCUT2D eigenvalue weighted by Gasteiger charge is -2.28. The molecule has 1 heterocycles. The van der Waals surface area contributed by atoms with Crippen molar-refractivity contribution in [2.75, 3.05) is 19.7 Å². The predicted molar refractivity (Wildman–Crippen MR) is 115 cm³/mol. The van der Waals surface area contributed by atoms with Crippen molar-refractivity contribution in [3.8, 4) is 0 Å². The lowest BCUT2D eigenvalue weighted by molar-refractivity contribution is -0.153. The Bertz CT molecular complexity index is 839. The van der Waals surface area contributed by atoms with E-state index in [2.05, 4.69) is 17.2 Å². The number of rotatable bonds is 10. The van der Waals surface area contributed by atoms with Crippen LogP contribution < -0.4 is 10.6 Å². The molecule has 1 saturated carbocycles. The van der Waals surface area contributed by atoms with Crippen molar-refractivity contribution in [2.24, 2.45) is 5.92 Å². The van der Waals surface area contributed by atoms with E-state index in [0.29, 0.717) is 19.4 Å². The molecule has 9 heteroatoms. The van der Waals surface area contributed by atoms with E-state index in [-0.39, 0.29) is 31.6 Å². The first kappa shape index (κ1) is 23.3. The molecule has 2 N–H and O–H groups in total. The van der Waals surface area contributed by atoms with Gasteiger partial charge in [0.25, 0.3) is 0 Å². The van der Waals surface area contributed by atoms with E-state index >= 15 is 0 Å². The third-order valence-electron chi connectivity index (χ3n) is 5.43. The molecular formula is C23H29N3O6. The van der Waals surface area contributed by atoms with Gasteiger partial charge in [0.2, 0.25) is 11.8 Å². The maximum absolute atomic E-state index is 13.1. The first-order chi connectivity index (χ1) is 15.5. The number of esters is 1. The number of carbonyl (C=O) groups excluding carboxylic acids is 4. The van der Waals surface area contributed by atoms with Crippen LogP contribution in [0.3, 0.4) is 0 Å². The van der Waals surface area contributed by atoms with Crippen LogP contribution >= 0.6 is 0 Å². The second-order valence-electron chi connectivity index (χ2n) is 7.91. The minimum Gasteiger partial charge on any atom is -0.460 e. The summed E-state index contributed by atoms with van der Waals surface area (Å²) < 4.78 is 10.2. The number of hydrogen-bond acceptors (Lipinski definition) is 6. The largest absolute Gasteiger partial charge is 0.460 e. The van der Waals surface area contributed by atoms with Gasteiger partial charge >= 0.3 is 12.1 Å². The lowest BCUT2D eigenvalue weighted by atomic mass is 10.1. The van der Waals surface area contributed by atoms with E-state index in [0.717, 1.165) is 18.4 Å². The lowest BCUT2D eigenvalue weighted by Crippen LogP contribution is -2.54. The van der Waals surface area contributed by atoms with Crippen molar-refractivity contribution >= 4 is 23.9 Å². The number of likely N-dealkylation sites (tertiary alicyclic amines) is 1. The van der Waals surface area contributed by atoms with Crippen LogP contribution in [0.1, 0.15) is 31.2 Å². The topological polar surface area (TPSA) is 114 Å². The van der Waals surface area contributed by atoms with Crippen LogP contribution in [0.4, 0.5) is 4.79 Å². The smallest absolute Gasteiger partial charge is 0.407 e. The molecule has 2 aliphatic rings. The molecule has 3 rings (SSSR count). The summed E-state index contributed by atoms with van der Waals surface area (Å²) in [6, 6.07) is 7.81. The molecule has 2 atom stereocenters. The van der Waals surface area contributed by atoms with E-state index in [1.807, 2.05) is 30.3 Å². The fourth-order valence-corrected chi connectivity index (χ4v) is 3.65. The summed E-state index contributed by atoms with van der Waals surface area (Å²) in [6.07, 6.45) is 3.62. The first-order valence-corrected chi connectivity index (χ1v) is 10.8. The fraction of sp³-hybridized carbons (Fsp3) is 0.478. The second kappa shape index (κ2) is 11.3. The molecule has 0 spiro atoms. The Kier molecular flexibility index (Phi) is 8.24. The number of nitrogens with one attached hydrogen (secondary N) is 2. The molecule has 3 amide bonds. The van der Waals surface area contributed by atoms with Crippen LogP contribution in [-0.4, -0.2) is 60.6 Å². The number of alkyl carbamates (subject to hydrolysis) is 1. The molecule has 2 fully saturated rings. The van der Waals surface area contributed by atoms with Gasteiger partial charge in [0.1, 0.15) is 31.8 Å². The molecule has 1 saturated heterocycles. The van der Waals surface area contributed by atoms with Gasteiger partial charge in [-0.15, -0.1) is 0 Å². The highest BCUT2D eigenvalue weighted by molar-refractivity contribution is 5.92. The van der Waals surface area contributed by atoms with Crippen molar-refractivity contribution in [1.82, 2.24) is 15.5 Å². The first-order valence-electron chi connectivity index (χ1n) is 10.8. The summed E-state index contributed by atoms with van der Waals surface area (Å²) in [4.78, 5) is 51.1. The van der Waals surface area contributed by atoms with E-state index in [1.54, 1.807) is 0 Å². The van der Waals surface area contributed by atoms with Gasteiger partial charge in [0.05, 0.1) is 0 Å². The van der Waals surface area contributed by atoms with Gasteiger partial charge in [-0.1, -0.05) is 43.0 Å². The number of carbonyl (C=O) groups is 4. The summed E-state index contributed by atoms with van der Waals surface area (Å²) in [7, 11) is 0. The SMILES string of the molecule is C=CCOC(=O)[C@H]1CCCN1C(=O)[C@H](NC(=O)CNC(=O)OCc1ccccc1)C1CC1. The Morgan fingerprint density at radius 2 is 1.88 bits per heavy atom. The number of ether oxygens (including phenoxy) is 2. The molecule has 32 heavy (non-hydrogen) atoms. The third-order valence-corrected chi connectivity index (χ3v) is 5.43. The van der Waals surface area contributed by atoms with Gasteiger partial charge in [-0.05, 0) is 37.2 Å². The van der Waals surface area contributed by atoms with Crippen LogP contribution in [0.15, 0.2) is 43.0 Å². The molecule has 1 aliphatic carbocycles. The van der Waals surface area contributed by atoms with Crippen molar-refractivity contribution < 1.29 is 28.7 Å². The molecule has 172 valence electrons. The van der Waals surface area contributed by atoms with Gasteiger partial charge in [-0.25, -0.2) is 9.59 Å². The number of benzene rings is 1. The van der Waals surface area contributed by atoms with Gasteiger partial charge in [0.15, 0.2) is 0 Å². The molecule has 0 aromatic heterocycles. The molecule has 0 unspecified atom stereocenters. The zero-order valence-corrected chi connectivity index (χ0v) is 18.0. The molecule has 0 radical (unpaired) electrons. The maximum atomic E-state index is 13.1. The Hall–Kier alpha value is -3.36. The minimum atomic E-state index is -0.725. The summed E-state index contributed by atoms with van der Waals surface area (Å²) in [5.74, 6) is -1.20. The molecule has 0 bridgehead atoms. The summed E-state index contributed by atoms with van der Waals surface area (Å²) in [6.45, 7) is 3.83. The number of nitrogens with zero attached hydrogens (tertiary/aromatic N) is 1. The highest BCUT2D eigenvalue weighted by atomic mass is 16.5. The quantitative estimate of drug-likeness (QED) is 0.419. The van der Waals surface area contributed by atoms with E-state index < -0.39 is 30.1 Å². The zero-order valence-electron chi connectivity index (χ0n) is 18.0. The Labute approximate surface area is 187 Å². The Morgan fingerprint density at radius 1 is 1.12 bits per heavy atom. The second-order valence-corrected chi connectivity index (χ2v) is 7.91. The Morgan fingerprint density at radius 3 is 2.56 bits per heavy atom. The van der Waals surface area contributed by atoms with Crippen LogP contribution in [0.2, 0.25) is 0 Å². The summed E-state index contributed by atoms with van der Waals surface area (Å²) in [5, 5.41) is 5.11. The Balaban J connectivity index is 1.48. The maximum Gasteiger partial charge on any atom is 0.407 e. The number of amides is 3. The average Bonchev–Trinajstić information content (AvgIpc) is 3.53. The van der Waals surface area contributed by atoms with Crippen LogP contribution in [0, 0.1) is 5.92 Å². The van der Waals surface area contributed by atoms with Crippen LogP contribution in [0.25, 0.3) is 0 Å². The van der Waals surface area contributed by atoms with Crippen molar-refractivity contribution in [3.05, 3.63) is 48.6 Å². The third kappa shape index (κ3) is 6.57. The standard InChI is InChI=1S/C23H29N3O6/c1-2-13-31-22(29)18-9-6-12-26(18)21(28)20(17-10-11-17)25-19(27)14-24-23(30)32-15-16-7-4-3-5-8-16/h2-5,7-8,17-18,20H,1,6,9-15H2,(H,24,30)(H,25,27)/t18-,20-/m1/s1. The monoisotopic (exact) mass is 443 g/mol. The fourth-order valence-electron chi connectivity index (χ4n) is 3.65. The van der Waals surface area contributed by atoms with Crippen molar-refractivity contribution in [3.63, 3.8) is 0 Å². The van der Waals surface area contributed by atoms with E-state index in [1.165, 1.54) is 11.0 Å². The van der Waals surface area contributed by atoms with E-state index in [4.69, 9.17) is 9.47 Å². The van der Waals surface area contributed by atoms with Crippen LogP contribution in [0.5, 0.6) is 0 Å². The normalized spacial score (nSPS) is 18.4. The zero-order chi connectivity index (χ0) is 22.9. The molecule has 1 aromatic rings. The van der Waals surface area contributed by atoms with Crippen LogP contribution in [-0.2, 0) is 30.5 Å². The average molecular weight is 444 g/mol.